The highest BCUT2D eigenvalue weighted by molar-refractivity contribution is 7.26. The molecule has 0 aliphatic heterocycles. The van der Waals surface area contributed by atoms with Crippen LogP contribution in [0.1, 0.15) is 0 Å². The average Bonchev–Trinajstić information content (AvgIpc) is 3.63. The fraction of sp³-hybridized carbons (Fsp3) is 0. The van der Waals surface area contributed by atoms with Crippen LogP contribution in [-0.4, -0.2) is 0 Å². The monoisotopic (exact) mass is 705 g/mol. The highest BCUT2D eigenvalue weighted by atomic mass is 32.1. The third-order valence-electron chi connectivity index (χ3n) is 10.5. The summed E-state index contributed by atoms with van der Waals surface area (Å²) in [6, 6.07) is 77.2. The van der Waals surface area contributed by atoms with Gasteiger partial charge in [-0.15, -0.1) is 11.3 Å². The van der Waals surface area contributed by atoms with Crippen LogP contribution in [-0.2, 0) is 0 Å². The van der Waals surface area contributed by atoms with Crippen LogP contribution in [0, 0.1) is 0 Å². The minimum Gasteiger partial charge on any atom is -0.310 e. The zero-order valence-electron chi connectivity index (χ0n) is 29.6. The van der Waals surface area contributed by atoms with E-state index in [1.807, 2.05) is 11.3 Å². The molecule has 10 rings (SSSR count). The van der Waals surface area contributed by atoms with Gasteiger partial charge in [-0.2, -0.15) is 0 Å². The first-order valence-corrected chi connectivity index (χ1v) is 19.2. The van der Waals surface area contributed by atoms with Crippen LogP contribution < -0.4 is 4.90 Å². The lowest BCUT2D eigenvalue weighted by atomic mass is 9.94. The number of hydrogen-bond acceptors (Lipinski definition) is 2. The van der Waals surface area contributed by atoms with Crippen LogP contribution in [0.5, 0.6) is 0 Å². The van der Waals surface area contributed by atoms with Gasteiger partial charge in [-0.1, -0.05) is 170 Å². The topological polar surface area (TPSA) is 3.24 Å². The van der Waals surface area contributed by atoms with E-state index in [0.29, 0.717) is 0 Å². The molecule has 0 bridgehead atoms. The van der Waals surface area contributed by atoms with Crippen LogP contribution in [0.3, 0.4) is 0 Å². The van der Waals surface area contributed by atoms with E-state index in [4.69, 9.17) is 0 Å². The summed E-state index contributed by atoms with van der Waals surface area (Å²) < 4.78 is 2.58. The second kappa shape index (κ2) is 13.7. The van der Waals surface area contributed by atoms with E-state index in [1.165, 1.54) is 75.5 Å². The number of nitrogens with zero attached hydrogens (tertiary/aromatic N) is 1. The molecule has 1 nitrogen and oxygen atoms in total. The molecule has 0 aliphatic rings. The first-order chi connectivity index (χ1) is 26.8. The quantitative estimate of drug-likeness (QED) is 0.160. The Labute approximate surface area is 319 Å². The predicted molar refractivity (Wildman–Crippen MR) is 233 cm³/mol. The number of hydrogen-bond donors (Lipinski definition) is 0. The lowest BCUT2D eigenvalue weighted by molar-refractivity contribution is 1.29. The van der Waals surface area contributed by atoms with Crippen LogP contribution in [0.15, 0.2) is 212 Å². The van der Waals surface area contributed by atoms with E-state index in [1.54, 1.807) is 0 Å². The Balaban J connectivity index is 1.21. The molecule has 0 N–H and O–H groups in total. The zero-order valence-corrected chi connectivity index (χ0v) is 30.4. The fourth-order valence-corrected chi connectivity index (χ4v) is 9.01. The molecule has 0 unspecified atom stereocenters. The van der Waals surface area contributed by atoms with Gasteiger partial charge < -0.3 is 4.90 Å². The summed E-state index contributed by atoms with van der Waals surface area (Å²) in [6.07, 6.45) is 0. The molecule has 0 spiro atoms. The van der Waals surface area contributed by atoms with Crippen molar-refractivity contribution in [3.63, 3.8) is 0 Å². The lowest BCUT2D eigenvalue weighted by Crippen LogP contribution is -2.11. The van der Waals surface area contributed by atoms with E-state index in [-0.39, 0.29) is 0 Å². The molecule has 9 aromatic carbocycles. The molecule has 0 fully saturated rings. The van der Waals surface area contributed by atoms with E-state index in [2.05, 4.69) is 217 Å². The third kappa shape index (κ3) is 5.74. The number of fused-ring (bicyclic) bond motifs is 4. The van der Waals surface area contributed by atoms with Crippen molar-refractivity contribution in [3.8, 4) is 44.5 Å². The molecule has 0 saturated heterocycles. The maximum atomic E-state index is 2.45. The van der Waals surface area contributed by atoms with Gasteiger partial charge in [0, 0.05) is 37.1 Å². The van der Waals surface area contributed by atoms with Gasteiger partial charge in [0.1, 0.15) is 0 Å². The second-order valence-corrected chi connectivity index (χ2v) is 14.8. The summed E-state index contributed by atoms with van der Waals surface area (Å²) in [6.45, 7) is 0. The lowest BCUT2D eigenvalue weighted by Gasteiger charge is -2.29. The molecule has 254 valence electrons. The van der Waals surface area contributed by atoms with Crippen LogP contribution in [0.2, 0.25) is 0 Å². The van der Waals surface area contributed by atoms with Gasteiger partial charge in [-0.3, -0.25) is 0 Å². The van der Waals surface area contributed by atoms with E-state index in [0.717, 1.165) is 17.1 Å². The Hall–Kier alpha value is -6.74. The van der Waals surface area contributed by atoms with Crippen molar-refractivity contribution in [1.29, 1.82) is 0 Å². The van der Waals surface area contributed by atoms with Gasteiger partial charge in [0.25, 0.3) is 0 Å². The smallest absolute Gasteiger partial charge is 0.0547 e. The van der Waals surface area contributed by atoms with E-state index < -0.39 is 0 Å². The standard InChI is InChI=1S/C52H35NS/c1-3-13-36(14-4-1)38-25-27-41(28-26-38)51-48(33-34-50-52(51)47-22-9-10-24-49(47)54-50)53(44-20-11-19-42(35-44)37-15-5-2-6-16-37)43-31-29-40(30-32-43)46-23-12-18-39-17-7-8-21-45(39)46/h1-35H. The number of benzene rings is 9. The molecule has 0 saturated carbocycles. The van der Waals surface area contributed by atoms with Crippen LogP contribution >= 0.6 is 11.3 Å². The van der Waals surface area contributed by atoms with Gasteiger partial charge in [0.05, 0.1) is 5.69 Å². The SMILES string of the molecule is c1ccc(-c2ccc(-c3c(N(c4ccc(-c5cccc6ccccc56)cc4)c4cccc(-c5ccccc5)c4)ccc4sc5ccccc5c34)cc2)cc1. The van der Waals surface area contributed by atoms with Crippen molar-refractivity contribution in [2.45, 2.75) is 0 Å². The molecule has 0 aliphatic carbocycles. The number of rotatable bonds is 7. The van der Waals surface area contributed by atoms with Crippen molar-refractivity contribution < 1.29 is 0 Å². The number of anilines is 3. The van der Waals surface area contributed by atoms with Crippen molar-refractivity contribution in [3.05, 3.63) is 212 Å². The molecule has 54 heavy (non-hydrogen) atoms. The molecule has 2 heteroatoms. The highest BCUT2D eigenvalue weighted by Gasteiger charge is 2.22. The van der Waals surface area contributed by atoms with Crippen molar-refractivity contribution >= 4 is 59.3 Å². The van der Waals surface area contributed by atoms with E-state index in [9.17, 15) is 0 Å². The Morgan fingerprint density at radius 1 is 0.333 bits per heavy atom. The Bertz CT molecular complexity index is 2900. The molecule has 1 aromatic heterocycles. The Morgan fingerprint density at radius 3 is 1.69 bits per heavy atom. The van der Waals surface area contributed by atoms with Gasteiger partial charge in [0.2, 0.25) is 0 Å². The molecule has 0 atom stereocenters. The second-order valence-electron chi connectivity index (χ2n) is 13.7. The van der Waals surface area contributed by atoms with Crippen molar-refractivity contribution in [2.75, 3.05) is 4.90 Å². The number of thiophene rings is 1. The van der Waals surface area contributed by atoms with Gasteiger partial charge in [-0.25, -0.2) is 0 Å². The van der Waals surface area contributed by atoms with Crippen LogP contribution in [0.4, 0.5) is 17.1 Å². The minimum atomic E-state index is 1.10. The van der Waals surface area contributed by atoms with Gasteiger partial charge in [-0.05, 0) is 92.2 Å². The molecule has 1 heterocycles. The van der Waals surface area contributed by atoms with Gasteiger partial charge in [0.15, 0.2) is 0 Å². The van der Waals surface area contributed by atoms with Gasteiger partial charge >= 0.3 is 0 Å². The summed E-state index contributed by atoms with van der Waals surface area (Å²) in [5.41, 5.74) is 13.0. The maximum Gasteiger partial charge on any atom is 0.0547 e. The first-order valence-electron chi connectivity index (χ1n) is 18.4. The molecule has 10 aromatic rings. The van der Waals surface area contributed by atoms with Crippen molar-refractivity contribution in [2.24, 2.45) is 0 Å². The molecular formula is C52H35NS. The summed E-state index contributed by atoms with van der Waals surface area (Å²) in [5, 5.41) is 5.08. The Morgan fingerprint density at radius 2 is 0.907 bits per heavy atom. The zero-order chi connectivity index (χ0) is 35.8. The molecule has 0 radical (unpaired) electrons. The third-order valence-corrected chi connectivity index (χ3v) is 11.6. The summed E-state index contributed by atoms with van der Waals surface area (Å²) in [7, 11) is 0. The summed E-state index contributed by atoms with van der Waals surface area (Å²) in [4.78, 5) is 2.45. The maximum absolute atomic E-state index is 2.45. The molecular weight excluding hydrogens is 671 g/mol. The first kappa shape index (κ1) is 32.0. The summed E-state index contributed by atoms with van der Waals surface area (Å²) in [5.74, 6) is 0. The largest absolute Gasteiger partial charge is 0.310 e. The van der Waals surface area contributed by atoms with Crippen LogP contribution in [0.25, 0.3) is 75.5 Å². The van der Waals surface area contributed by atoms with E-state index >= 15 is 0 Å². The normalized spacial score (nSPS) is 11.3. The minimum absolute atomic E-state index is 1.10. The average molecular weight is 706 g/mol. The molecule has 0 amide bonds. The predicted octanol–water partition coefficient (Wildman–Crippen LogP) is 15.3. The van der Waals surface area contributed by atoms with Crippen molar-refractivity contribution in [1.82, 2.24) is 0 Å². The Kier molecular flexibility index (Phi) is 8.09. The summed E-state index contributed by atoms with van der Waals surface area (Å²) >= 11 is 1.86. The fourth-order valence-electron chi connectivity index (χ4n) is 7.89. The highest BCUT2D eigenvalue weighted by Crippen LogP contribution is 2.49.